The molecule has 3 aromatic carbocycles. The third-order valence-corrected chi connectivity index (χ3v) is 6.16. The van der Waals surface area contributed by atoms with Crippen molar-refractivity contribution in [3.8, 4) is 17.0 Å². The molecule has 7 nitrogen and oxygen atoms in total. The van der Waals surface area contributed by atoms with E-state index in [4.69, 9.17) is 9.47 Å². The van der Waals surface area contributed by atoms with E-state index < -0.39 is 12.0 Å². The SMILES string of the molecule is CCOC(=O)c1ccc(N2C(=O)c3[nH]nc(-c4ccc(C)cc4)c3C2c2cccc(OC)c2)cc1. The number of ether oxygens (including phenoxy) is 2. The predicted molar refractivity (Wildman–Crippen MR) is 133 cm³/mol. The number of benzene rings is 3. The number of nitrogens with one attached hydrogen (secondary N) is 1. The van der Waals surface area contributed by atoms with Crippen LogP contribution in [0.5, 0.6) is 5.75 Å². The number of aryl methyl sites for hydroxylation is 1. The summed E-state index contributed by atoms with van der Waals surface area (Å²) in [5.41, 5.74) is 6.03. The van der Waals surface area contributed by atoms with Crippen molar-refractivity contribution in [2.24, 2.45) is 0 Å². The Kier molecular flexibility index (Phi) is 5.82. The molecule has 1 atom stereocenters. The van der Waals surface area contributed by atoms with Gasteiger partial charge < -0.3 is 9.47 Å². The summed E-state index contributed by atoms with van der Waals surface area (Å²) in [7, 11) is 1.62. The van der Waals surface area contributed by atoms with E-state index >= 15 is 0 Å². The Hall–Kier alpha value is -4.39. The molecule has 1 aliphatic heterocycles. The van der Waals surface area contributed by atoms with E-state index in [2.05, 4.69) is 10.2 Å². The molecule has 0 saturated heterocycles. The fourth-order valence-corrected chi connectivity index (χ4v) is 4.44. The largest absolute Gasteiger partial charge is 0.497 e. The monoisotopic (exact) mass is 467 g/mol. The summed E-state index contributed by atoms with van der Waals surface area (Å²) in [6.45, 7) is 4.09. The molecule has 0 aliphatic carbocycles. The summed E-state index contributed by atoms with van der Waals surface area (Å²) in [5, 5.41) is 7.50. The number of anilines is 1. The fraction of sp³-hybridized carbons (Fsp3) is 0.179. The van der Waals surface area contributed by atoms with Crippen LogP contribution in [0.3, 0.4) is 0 Å². The van der Waals surface area contributed by atoms with Crippen molar-refractivity contribution >= 4 is 17.6 Å². The van der Waals surface area contributed by atoms with Gasteiger partial charge in [0.2, 0.25) is 0 Å². The van der Waals surface area contributed by atoms with E-state index in [-0.39, 0.29) is 5.91 Å². The van der Waals surface area contributed by atoms with Gasteiger partial charge in [-0.1, -0.05) is 42.0 Å². The Labute approximate surface area is 203 Å². The first-order valence-electron chi connectivity index (χ1n) is 11.4. The number of esters is 1. The quantitative estimate of drug-likeness (QED) is 0.388. The molecule has 176 valence electrons. The first kappa shape index (κ1) is 22.4. The molecule has 4 aromatic rings. The van der Waals surface area contributed by atoms with Gasteiger partial charge in [-0.25, -0.2) is 4.79 Å². The van der Waals surface area contributed by atoms with Gasteiger partial charge in [0, 0.05) is 16.8 Å². The molecule has 0 saturated carbocycles. The molecule has 1 unspecified atom stereocenters. The Balaban J connectivity index is 1.64. The molecule has 5 rings (SSSR count). The van der Waals surface area contributed by atoms with Gasteiger partial charge in [0.15, 0.2) is 0 Å². The lowest BCUT2D eigenvalue weighted by Crippen LogP contribution is -2.29. The van der Waals surface area contributed by atoms with Crippen LogP contribution in [0.25, 0.3) is 11.3 Å². The van der Waals surface area contributed by atoms with Crippen LogP contribution in [0.15, 0.2) is 72.8 Å². The lowest BCUT2D eigenvalue weighted by molar-refractivity contribution is 0.0526. The van der Waals surface area contributed by atoms with E-state index in [0.717, 1.165) is 27.9 Å². The summed E-state index contributed by atoms with van der Waals surface area (Å²) < 4.78 is 10.6. The maximum absolute atomic E-state index is 13.7. The smallest absolute Gasteiger partial charge is 0.338 e. The van der Waals surface area contributed by atoms with Crippen molar-refractivity contribution in [1.29, 1.82) is 0 Å². The van der Waals surface area contributed by atoms with E-state index in [1.807, 2.05) is 55.5 Å². The van der Waals surface area contributed by atoms with Crippen molar-refractivity contribution in [3.05, 3.63) is 101 Å². The van der Waals surface area contributed by atoms with Crippen molar-refractivity contribution in [3.63, 3.8) is 0 Å². The first-order chi connectivity index (χ1) is 17.0. The second-order valence-corrected chi connectivity index (χ2v) is 8.35. The highest BCUT2D eigenvalue weighted by Crippen LogP contribution is 2.45. The number of methoxy groups -OCH3 is 1. The van der Waals surface area contributed by atoms with Crippen molar-refractivity contribution in [1.82, 2.24) is 10.2 Å². The predicted octanol–water partition coefficient (Wildman–Crippen LogP) is 5.32. The van der Waals surface area contributed by atoms with Crippen LogP contribution in [-0.2, 0) is 4.74 Å². The third kappa shape index (κ3) is 3.95. The van der Waals surface area contributed by atoms with Crippen LogP contribution >= 0.6 is 0 Å². The molecule has 1 aliphatic rings. The highest BCUT2D eigenvalue weighted by atomic mass is 16.5. The van der Waals surface area contributed by atoms with E-state index in [1.165, 1.54) is 0 Å². The van der Waals surface area contributed by atoms with Crippen LogP contribution in [0.1, 0.15) is 50.5 Å². The lowest BCUT2D eigenvalue weighted by Gasteiger charge is -2.27. The number of rotatable bonds is 6. The molecule has 2 heterocycles. The van der Waals surface area contributed by atoms with E-state index in [9.17, 15) is 9.59 Å². The summed E-state index contributed by atoms with van der Waals surface area (Å²) >= 11 is 0. The van der Waals surface area contributed by atoms with Gasteiger partial charge >= 0.3 is 5.97 Å². The number of amides is 1. The zero-order valence-electron chi connectivity index (χ0n) is 19.7. The number of carbonyl (C=O) groups is 2. The second kappa shape index (κ2) is 9.10. The maximum Gasteiger partial charge on any atom is 0.338 e. The summed E-state index contributed by atoms with van der Waals surface area (Å²) in [5.74, 6) is 0.108. The molecule has 1 N–H and O–H groups in total. The van der Waals surface area contributed by atoms with Gasteiger partial charge in [-0.15, -0.1) is 0 Å². The number of hydrogen-bond donors (Lipinski definition) is 1. The number of aromatic nitrogens is 2. The lowest BCUT2D eigenvalue weighted by atomic mass is 9.95. The van der Waals surface area contributed by atoms with Gasteiger partial charge in [0.1, 0.15) is 11.4 Å². The molecular formula is C28H25N3O4. The molecule has 7 heteroatoms. The van der Waals surface area contributed by atoms with Crippen molar-refractivity contribution in [2.75, 3.05) is 18.6 Å². The van der Waals surface area contributed by atoms with E-state index in [1.54, 1.807) is 43.2 Å². The minimum Gasteiger partial charge on any atom is -0.497 e. The van der Waals surface area contributed by atoms with Crippen LogP contribution in [0.4, 0.5) is 5.69 Å². The Morgan fingerprint density at radius 3 is 2.49 bits per heavy atom. The van der Waals surface area contributed by atoms with Crippen molar-refractivity contribution in [2.45, 2.75) is 19.9 Å². The number of carbonyl (C=O) groups excluding carboxylic acids is 2. The minimum atomic E-state index is -0.434. The van der Waals surface area contributed by atoms with Gasteiger partial charge in [-0.2, -0.15) is 5.10 Å². The minimum absolute atomic E-state index is 0.192. The molecule has 35 heavy (non-hydrogen) atoms. The van der Waals surface area contributed by atoms with Gasteiger partial charge in [-0.3, -0.25) is 14.8 Å². The van der Waals surface area contributed by atoms with Gasteiger partial charge in [0.05, 0.1) is 31.0 Å². The zero-order valence-corrected chi connectivity index (χ0v) is 19.7. The highest BCUT2D eigenvalue weighted by Gasteiger charge is 2.43. The van der Waals surface area contributed by atoms with Crippen LogP contribution < -0.4 is 9.64 Å². The summed E-state index contributed by atoms with van der Waals surface area (Å²) in [4.78, 5) is 27.5. The number of fused-ring (bicyclic) bond motifs is 1. The average Bonchev–Trinajstić information content (AvgIpc) is 3.43. The molecule has 1 amide bonds. The molecular weight excluding hydrogens is 442 g/mol. The Morgan fingerprint density at radius 1 is 1.06 bits per heavy atom. The molecule has 0 spiro atoms. The number of H-pyrrole nitrogens is 1. The summed E-state index contributed by atoms with van der Waals surface area (Å²) in [6.07, 6.45) is 0. The Bertz CT molecular complexity index is 1390. The molecule has 0 fully saturated rings. The standard InChI is InChI=1S/C28H25N3O4/c1-4-35-28(33)19-12-14-21(15-13-19)31-26(20-6-5-7-22(16-20)34-3)23-24(29-30-25(23)27(31)32)18-10-8-17(2)9-11-18/h5-16,26H,4H2,1-3H3,(H,29,30). The van der Waals surface area contributed by atoms with Crippen LogP contribution in [0, 0.1) is 6.92 Å². The van der Waals surface area contributed by atoms with Crippen LogP contribution in [-0.4, -0.2) is 35.8 Å². The number of nitrogens with zero attached hydrogens (tertiary/aromatic N) is 2. The zero-order chi connectivity index (χ0) is 24.5. The highest BCUT2D eigenvalue weighted by molar-refractivity contribution is 6.12. The van der Waals surface area contributed by atoms with Crippen molar-refractivity contribution < 1.29 is 19.1 Å². The van der Waals surface area contributed by atoms with Gasteiger partial charge in [0.25, 0.3) is 5.91 Å². The maximum atomic E-state index is 13.7. The number of hydrogen-bond acceptors (Lipinski definition) is 5. The fourth-order valence-electron chi connectivity index (χ4n) is 4.44. The second-order valence-electron chi connectivity index (χ2n) is 8.35. The molecule has 1 aromatic heterocycles. The molecule has 0 bridgehead atoms. The Morgan fingerprint density at radius 2 is 1.80 bits per heavy atom. The van der Waals surface area contributed by atoms with Gasteiger partial charge in [-0.05, 0) is 55.8 Å². The first-order valence-corrected chi connectivity index (χ1v) is 11.4. The van der Waals surface area contributed by atoms with Crippen LogP contribution in [0.2, 0.25) is 0 Å². The average molecular weight is 468 g/mol. The normalized spacial score (nSPS) is 14.7. The number of aromatic amines is 1. The third-order valence-electron chi connectivity index (χ3n) is 6.16. The topological polar surface area (TPSA) is 84.5 Å². The summed E-state index contributed by atoms with van der Waals surface area (Å²) in [6, 6.07) is 22.2. The van der Waals surface area contributed by atoms with E-state index in [0.29, 0.717) is 29.3 Å². The molecule has 0 radical (unpaired) electrons.